The van der Waals surface area contributed by atoms with E-state index in [-0.39, 0.29) is 11.9 Å². The van der Waals surface area contributed by atoms with Crippen LogP contribution in [0.3, 0.4) is 0 Å². The van der Waals surface area contributed by atoms with Crippen molar-refractivity contribution < 1.29 is 13.9 Å². The molecule has 0 amide bonds. The Balaban J connectivity index is 2.61. The summed E-state index contributed by atoms with van der Waals surface area (Å²) in [4.78, 5) is 0. The summed E-state index contributed by atoms with van der Waals surface area (Å²) in [5.41, 5.74) is 6.19. The Hall–Kier alpha value is -1.13. The van der Waals surface area contributed by atoms with Gasteiger partial charge in [0, 0.05) is 32.7 Å². The molecule has 2 N–H and O–H groups in total. The zero-order valence-electron chi connectivity index (χ0n) is 9.70. The summed E-state index contributed by atoms with van der Waals surface area (Å²) in [5, 5.41) is 0. The van der Waals surface area contributed by atoms with Gasteiger partial charge >= 0.3 is 0 Å². The molecule has 0 saturated carbocycles. The van der Waals surface area contributed by atoms with Crippen molar-refractivity contribution in [3.05, 3.63) is 29.6 Å². The van der Waals surface area contributed by atoms with Gasteiger partial charge in [-0.05, 0) is 24.6 Å². The molecule has 0 bridgehead atoms. The first kappa shape index (κ1) is 12.9. The average molecular weight is 227 g/mol. The normalized spacial score (nSPS) is 12.5. The molecule has 0 fully saturated rings. The minimum Gasteiger partial charge on any atom is -0.491 e. The molecule has 0 aromatic heterocycles. The van der Waals surface area contributed by atoms with Crippen LogP contribution in [0.2, 0.25) is 0 Å². The van der Waals surface area contributed by atoms with Crippen molar-refractivity contribution in [3.63, 3.8) is 0 Å². The Morgan fingerprint density at radius 2 is 2.12 bits per heavy atom. The first-order valence-electron chi connectivity index (χ1n) is 5.31. The number of hydrogen-bond donors (Lipinski definition) is 1. The number of methoxy groups -OCH3 is 1. The number of halogens is 1. The van der Waals surface area contributed by atoms with Crippen LogP contribution >= 0.6 is 0 Å². The lowest BCUT2D eigenvalue weighted by Gasteiger charge is -2.15. The molecule has 0 heterocycles. The van der Waals surface area contributed by atoms with Crippen LogP contribution < -0.4 is 10.5 Å². The predicted octanol–water partition coefficient (Wildman–Crippen LogP) is 2.09. The van der Waals surface area contributed by atoms with E-state index in [2.05, 4.69) is 0 Å². The monoisotopic (exact) mass is 227 g/mol. The van der Waals surface area contributed by atoms with Crippen molar-refractivity contribution >= 4 is 0 Å². The van der Waals surface area contributed by atoms with Gasteiger partial charge in [0.2, 0.25) is 0 Å². The first-order chi connectivity index (χ1) is 7.65. The van der Waals surface area contributed by atoms with E-state index in [9.17, 15) is 4.39 Å². The Morgan fingerprint density at radius 1 is 1.38 bits per heavy atom. The van der Waals surface area contributed by atoms with Gasteiger partial charge in [0.25, 0.3) is 0 Å². The van der Waals surface area contributed by atoms with Crippen LogP contribution in [-0.4, -0.2) is 19.8 Å². The minimum absolute atomic E-state index is 0.00706. The Kier molecular flexibility index (Phi) is 5.22. The summed E-state index contributed by atoms with van der Waals surface area (Å²) >= 11 is 0. The molecule has 1 atom stereocenters. The van der Waals surface area contributed by atoms with Gasteiger partial charge in [-0.1, -0.05) is 0 Å². The van der Waals surface area contributed by atoms with Gasteiger partial charge in [-0.15, -0.1) is 0 Å². The predicted molar refractivity (Wildman–Crippen MR) is 60.9 cm³/mol. The van der Waals surface area contributed by atoms with Crippen molar-refractivity contribution in [3.8, 4) is 5.75 Å². The van der Waals surface area contributed by atoms with Gasteiger partial charge in [0.1, 0.15) is 11.6 Å². The molecule has 16 heavy (non-hydrogen) atoms. The molecule has 0 spiro atoms. The maximum Gasteiger partial charge on any atom is 0.127 e. The summed E-state index contributed by atoms with van der Waals surface area (Å²) < 4.78 is 23.7. The number of benzene rings is 1. The van der Waals surface area contributed by atoms with E-state index in [1.807, 2.05) is 6.92 Å². The number of rotatable bonds is 6. The third-order valence-corrected chi connectivity index (χ3v) is 2.23. The molecule has 1 rings (SSSR count). The lowest BCUT2D eigenvalue weighted by molar-refractivity contribution is 0.135. The molecule has 0 saturated heterocycles. The zero-order valence-corrected chi connectivity index (χ0v) is 9.70. The van der Waals surface area contributed by atoms with Crippen LogP contribution in [-0.2, 0) is 11.3 Å². The van der Waals surface area contributed by atoms with Gasteiger partial charge in [0.05, 0.1) is 6.10 Å². The summed E-state index contributed by atoms with van der Waals surface area (Å²) in [7, 11) is 1.64. The van der Waals surface area contributed by atoms with Crippen LogP contribution in [0.15, 0.2) is 18.2 Å². The fraction of sp³-hybridized carbons (Fsp3) is 0.500. The van der Waals surface area contributed by atoms with Crippen LogP contribution in [0, 0.1) is 5.82 Å². The van der Waals surface area contributed by atoms with Crippen LogP contribution in [0.25, 0.3) is 0 Å². The number of nitrogens with two attached hydrogens (primary N) is 1. The SMILES string of the molecule is COCCC(C)Oc1cc(F)cc(CN)c1. The first-order valence-corrected chi connectivity index (χ1v) is 5.31. The third-order valence-electron chi connectivity index (χ3n) is 2.23. The second-order valence-corrected chi connectivity index (χ2v) is 3.71. The van der Waals surface area contributed by atoms with Crippen molar-refractivity contribution in [2.45, 2.75) is 26.0 Å². The molecule has 0 radical (unpaired) electrons. The van der Waals surface area contributed by atoms with Gasteiger partial charge in [-0.2, -0.15) is 0 Å². The highest BCUT2D eigenvalue weighted by atomic mass is 19.1. The standard InChI is InChI=1S/C12H18FNO2/c1-9(3-4-15-2)16-12-6-10(8-14)5-11(13)7-12/h5-7,9H,3-4,8,14H2,1-2H3. The van der Waals surface area contributed by atoms with Gasteiger partial charge in [0.15, 0.2) is 0 Å². The minimum atomic E-state index is -0.322. The fourth-order valence-corrected chi connectivity index (χ4v) is 1.38. The molecular weight excluding hydrogens is 209 g/mol. The lowest BCUT2D eigenvalue weighted by atomic mass is 10.2. The molecule has 4 heteroatoms. The molecule has 0 aliphatic heterocycles. The van der Waals surface area contributed by atoms with Crippen molar-refractivity contribution in [2.75, 3.05) is 13.7 Å². The number of hydrogen-bond acceptors (Lipinski definition) is 3. The van der Waals surface area contributed by atoms with Crippen LogP contribution in [0.5, 0.6) is 5.75 Å². The number of ether oxygens (including phenoxy) is 2. The Labute approximate surface area is 95.4 Å². The molecule has 90 valence electrons. The van der Waals surface area contributed by atoms with E-state index in [0.29, 0.717) is 18.9 Å². The topological polar surface area (TPSA) is 44.5 Å². The fourth-order valence-electron chi connectivity index (χ4n) is 1.38. The van der Waals surface area contributed by atoms with Crippen LogP contribution in [0.1, 0.15) is 18.9 Å². The van der Waals surface area contributed by atoms with Gasteiger partial charge < -0.3 is 15.2 Å². The summed E-state index contributed by atoms with van der Waals surface area (Å²) in [5.74, 6) is 0.195. The van der Waals surface area contributed by atoms with E-state index in [4.69, 9.17) is 15.2 Å². The van der Waals surface area contributed by atoms with Crippen molar-refractivity contribution in [1.29, 1.82) is 0 Å². The molecule has 1 unspecified atom stereocenters. The van der Waals surface area contributed by atoms with Crippen molar-refractivity contribution in [1.82, 2.24) is 0 Å². The highest BCUT2D eigenvalue weighted by molar-refractivity contribution is 5.29. The molecular formula is C12H18FNO2. The van der Waals surface area contributed by atoms with E-state index in [1.165, 1.54) is 12.1 Å². The Morgan fingerprint density at radius 3 is 2.75 bits per heavy atom. The van der Waals surface area contributed by atoms with Gasteiger partial charge in [-0.25, -0.2) is 4.39 Å². The van der Waals surface area contributed by atoms with E-state index in [1.54, 1.807) is 13.2 Å². The maximum atomic E-state index is 13.2. The lowest BCUT2D eigenvalue weighted by Crippen LogP contribution is -2.14. The Bertz CT molecular complexity index is 331. The molecule has 3 nitrogen and oxygen atoms in total. The summed E-state index contributed by atoms with van der Waals surface area (Å²) in [6.07, 6.45) is 0.762. The smallest absolute Gasteiger partial charge is 0.127 e. The maximum absolute atomic E-state index is 13.2. The average Bonchev–Trinajstić information content (AvgIpc) is 2.25. The summed E-state index contributed by atoms with van der Waals surface area (Å²) in [6.45, 7) is 2.85. The van der Waals surface area contributed by atoms with Crippen LogP contribution in [0.4, 0.5) is 4.39 Å². The highest BCUT2D eigenvalue weighted by Crippen LogP contribution is 2.18. The van der Waals surface area contributed by atoms with E-state index < -0.39 is 0 Å². The van der Waals surface area contributed by atoms with E-state index >= 15 is 0 Å². The van der Waals surface area contributed by atoms with Gasteiger partial charge in [-0.3, -0.25) is 0 Å². The largest absolute Gasteiger partial charge is 0.491 e. The highest BCUT2D eigenvalue weighted by Gasteiger charge is 2.06. The van der Waals surface area contributed by atoms with E-state index in [0.717, 1.165) is 12.0 Å². The quantitative estimate of drug-likeness (QED) is 0.809. The third kappa shape index (κ3) is 4.16. The molecule has 0 aliphatic rings. The second-order valence-electron chi connectivity index (χ2n) is 3.71. The summed E-state index contributed by atoms with van der Waals surface area (Å²) in [6, 6.07) is 4.53. The second kappa shape index (κ2) is 6.45. The zero-order chi connectivity index (χ0) is 12.0. The molecule has 1 aromatic rings. The molecule has 1 aromatic carbocycles. The molecule has 0 aliphatic carbocycles. The van der Waals surface area contributed by atoms with Crippen molar-refractivity contribution in [2.24, 2.45) is 5.73 Å².